The van der Waals surface area contributed by atoms with Gasteiger partial charge in [0.1, 0.15) is 0 Å². The standard InChI is InChI=1S/C11H19NO3/c13-6-7-15-8-10-2-1-5-12(10)11(14)9-3-4-9/h9-10,13H,1-8H2. The van der Waals surface area contributed by atoms with Gasteiger partial charge >= 0.3 is 0 Å². The highest BCUT2D eigenvalue weighted by atomic mass is 16.5. The summed E-state index contributed by atoms with van der Waals surface area (Å²) in [4.78, 5) is 13.9. The van der Waals surface area contributed by atoms with Gasteiger partial charge in [0.15, 0.2) is 0 Å². The van der Waals surface area contributed by atoms with Crippen LogP contribution >= 0.6 is 0 Å². The smallest absolute Gasteiger partial charge is 0.226 e. The molecular weight excluding hydrogens is 194 g/mol. The summed E-state index contributed by atoms with van der Waals surface area (Å²) in [7, 11) is 0. The average molecular weight is 213 g/mol. The van der Waals surface area contributed by atoms with Crippen LogP contribution in [0.1, 0.15) is 25.7 Å². The van der Waals surface area contributed by atoms with E-state index in [0.29, 0.717) is 25.0 Å². The number of aliphatic hydroxyl groups is 1. The molecule has 1 amide bonds. The Morgan fingerprint density at radius 2 is 2.20 bits per heavy atom. The Labute approximate surface area is 90.2 Å². The first kappa shape index (κ1) is 10.9. The molecule has 1 atom stereocenters. The molecule has 0 bridgehead atoms. The molecule has 1 aliphatic carbocycles. The highest BCUT2D eigenvalue weighted by Crippen LogP contribution is 2.33. The van der Waals surface area contributed by atoms with Gasteiger partial charge in [-0.2, -0.15) is 0 Å². The van der Waals surface area contributed by atoms with Gasteiger partial charge in [-0.15, -0.1) is 0 Å². The van der Waals surface area contributed by atoms with Crippen molar-refractivity contribution in [1.82, 2.24) is 4.90 Å². The van der Waals surface area contributed by atoms with E-state index in [0.717, 1.165) is 32.2 Å². The number of aliphatic hydroxyl groups excluding tert-OH is 1. The average Bonchev–Trinajstić information content (AvgIpc) is 2.98. The lowest BCUT2D eigenvalue weighted by atomic mass is 10.2. The molecule has 0 radical (unpaired) electrons. The topological polar surface area (TPSA) is 49.8 Å². The van der Waals surface area contributed by atoms with Gasteiger partial charge in [0.25, 0.3) is 0 Å². The van der Waals surface area contributed by atoms with E-state index < -0.39 is 0 Å². The fraction of sp³-hybridized carbons (Fsp3) is 0.909. The second kappa shape index (κ2) is 4.94. The molecule has 0 aromatic carbocycles. The molecule has 4 heteroatoms. The molecule has 1 saturated heterocycles. The zero-order chi connectivity index (χ0) is 10.7. The highest BCUT2D eigenvalue weighted by molar-refractivity contribution is 5.81. The molecule has 4 nitrogen and oxygen atoms in total. The van der Waals surface area contributed by atoms with Crippen LogP contribution in [0.15, 0.2) is 0 Å². The van der Waals surface area contributed by atoms with Crippen molar-refractivity contribution in [2.75, 3.05) is 26.4 Å². The predicted octanol–water partition coefficient (Wildman–Crippen LogP) is 0.396. The summed E-state index contributed by atoms with van der Waals surface area (Å²) in [6, 6.07) is 0.254. The second-order valence-corrected chi connectivity index (χ2v) is 4.40. The second-order valence-electron chi connectivity index (χ2n) is 4.40. The first-order valence-electron chi connectivity index (χ1n) is 5.82. The first-order valence-corrected chi connectivity index (χ1v) is 5.82. The van der Waals surface area contributed by atoms with Gasteiger partial charge in [0, 0.05) is 12.5 Å². The molecule has 2 aliphatic rings. The van der Waals surface area contributed by atoms with Crippen LogP contribution in [0.25, 0.3) is 0 Å². The maximum Gasteiger partial charge on any atom is 0.226 e. The molecule has 1 heterocycles. The SMILES string of the molecule is O=C(C1CC1)N1CCCC1COCCO. The Hall–Kier alpha value is -0.610. The van der Waals surface area contributed by atoms with Crippen molar-refractivity contribution in [1.29, 1.82) is 0 Å². The molecule has 1 unspecified atom stereocenters. The fourth-order valence-corrected chi connectivity index (χ4v) is 2.15. The van der Waals surface area contributed by atoms with Gasteiger partial charge in [-0.05, 0) is 25.7 Å². The summed E-state index contributed by atoms with van der Waals surface area (Å²) < 4.78 is 5.30. The molecule has 0 aromatic heterocycles. The summed E-state index contributed by atoms with van der Waals surface area (Å²) in [5, 5.41) is 8.61. The Bertz CT molecular complexity index is 228. The molecule has 0 spiro atoms. The largest absolute Gasteiger partial charge is 0.394 e. The van der Waals surface area contributed by atoms with E-state index in [2.05, 4.69) is 0 Å². The highest BCUT2D eigenvalue weighted by Gasteiger charge is 2.38. The predicted molar refractivity (Wildman–Crippen MR) is 55.4 cm³/mol. The van der Waals surface area contributed by atoms with E-state index >= 15 is 0 Å². The van der Waals surface area contributed by atoms with Crippen LogP contribution in [-0.2, 0) is 9.53 Å². The van der Waals surface area contributed by atoms with Crippen LogP contribution < -0.4 is 0 Å². The van der Waals surface area contributed by atoms with Gasteiger partial charge in [-0.1, -0.05) is 0 Å². The summed E-state index contributed by atoms with van der Waals surface area (Å²) in [6.45, 7) is 1.91. The Morgan fingerprint density at radius 3 is 2.87 bits per heavy atom. The third-order valence-corrected chi connectivity index (χ3v) is 3.13. The Morgan fingerprint density at radius 1 is 1.40 bits per heavy atom. The van der Waals surface area contributed by atoms with Gasteiger partial charge in [0.2, 0.25) is 5.91 Å². The maximum atomic E-state index is 11.9. The van der Waals surface area contributed by atoms with Crippen LogP contribution in [0.2, 0.25) is 0 Å². The summed E-state index contributed by atoms with van der Waals surface area (Å²) in [6.07, 6.45) is 4.27. The number of hydrogen-bond acceptors (Lipinski definition) is 3. The van der Waals surface area contributed by atoms with Crippen molar-refractivity contribution in [3.05, 3.63) is 0 Å². The van der Waals surface area contributed by atoms with E-state index in [9.17, 15) is 4.79 Å². The summed E-state index contributed by atoms with van der Waals surface area (Å²) >= 11 is 0. The Balaban J connectivity index is 1.78. The molecule has 2 rings (SSSR count). The van der Waals surface area contributed by atoms with Crippen molar-refractivity contribution in [3.63, 3.8) is 0 Å². The molecule has 2 fully saturated rings. The van der Waals surface area contributed by atoms with Gasteiger partial charge < -0.3 is 14.7 Å². The monoisotopic (exact) mass is 213 g/mol. The molecular formula is C11H19NO3. The molecule has 0 aromatic rings. The lowest BCUT2D eigenvalue weighted by molar-refractivity contribution is -0.134. The minimum atomic E-state index is 0.0588. The summed E-state index contributed by atoms with van der Waals surface area (Å²) in [5.41, 5.74) is 0. The number of nitrogens with zero attached hydrogens (tertiary/aromatic N) is 1. The minimum absolute atomic E-state index is 0.0588. The third kappa shape index (κ3) is 2.69. The van der Waals surface area contributed by atoms with Crippen molar-refractivity contribution in [2.45, 2.75) is 31.7 Å². The summed E-state index contributed by atoms with van der Waals surface area (Å²) in [5.74, 6) is 0.633. The number of carbonyl (C=O) groups is 1. The van der Waals surface area contributed by atoms with Crippen molar-refractivity contribution in [2.24, 2.45) is 5.92 Å². The van der Waals surface area contributed by atoms with Gasteiger partial charge in [-0.25, -0.2) is 0 Å². The zero-order valence-electron chi connectivity index (χ0n) is 9.02. The fourth-order valence-electron chi connectivity index (χ4n) is 2.15. The van der Waals surface area contributed by atoms with E-state index in [1.165, 1.54) is 0 Å². The van der Waals surface area contributed by atoms with Crippen molar-refractivity contribution < 1.29 is 14.6 Å². The number of likely N-dealkylation sites (tertiary alicyclic amines) is 1. The van der Waals surface area contributed by atoms with Crippen LogP contribution in [0.4, 0.5) is 0 Å². The van der Waals surface area contributed by atoms with E-state index in [4.69, 9.17) is 9.84 Å². The zero-order valence-corrected chi connectivity index (χ0v) is 9.02. The lowest BCUT2D eigenvalue weighted by Crippen LogP contribution is -2.39. The van der Waals surface area contributed by atoms with E-state index in [1.54, 1.807) is 0 Å². The number of carbonyl (C=O) groups excluding carboxylic acids is 1. The van der Waals surface area contributed by atoms with Crippen molar-refractivity contribution in [3.8, 4) is 0 Å². The molecule has 15 heavy (non-hydrogen) atoms. The number of amides is 1. The van der Waals surface area contributed by atoms with Crippen LogP contribution in [0.5, 0.6) is 0 Å². The molecule has 1 N–H and O–H groups in total. The first-order chi connectivity index (χ1) is 7.33. The minimum Gasteiger partial charge on any atom is -0.394 e. The van der Waals surface area contributed by atoms with E-state index in [-0.39, 0.29) is 12.6 Å². The molecule has 86 valence electrons. The Kier molecular flexibility index (Phi) is 3.59. The van der Waals surface area contributed by atoms with Crippen LogP contribution in [-0.4, -0.2) is 48.3 Å². The number of hydrogen-bond donors (Lipinski definition) is 1. The van der Waals surface area contributed by atoms with Crippen molar-refractivity contribution >= 4 is 5.91 Å². The quantitative estimate of drug-likeness (QED) is 0.672. The lowest BCUT2D eigenvalue weighted by Gasteiger charge is -2.24. The van der Waals surface area contributed by atoms with Gasteiger partial charge in [-0.3, -0.25) is 4.79 Å². The van der Waals surface area contributed by atoms with Crippen LogP contribution in [0.3, 0.4) is 0 Å². The third-order valence-electron chi connectivity index (χ3n) is 3.13. The molecule has 1 saturated carbocycles. The maximum absolute atomic E-state index is 11.9. The normalized spacial score (nSPS) is 25.9. The van der Waals surface area contributed by atoms with E-state index in [1.807, 2.05) is 4.90 Å². The number of ether oxygens (including phenoxy) is 1. The van der Waals surface area contributed by atoms with Crippen LogP contribution in [0, 0.1) is 5.92 Å². The number of rotatable bonds is 5. The van der Waals surface area contributed by atoms with Gasteiger partial charge in [0.05, 0.1) is 25.9 Å². The molecule has 1 aliphatic heterocycles.